The highest BCUT2D eigenvalue weighted by Gasteiger charge is 2.30. The van der Waals surface area contributed by atoms with Crippen molar-refractivity contribution in [3.05, 3.63) is 16.3 Å². The third-order valence-electron chi connectivity index (χ3n) is 3.13. The molecule has 0 radical (unpaired) electrons. The van der Waals surface area contributed by atoms with E-state index in [0.29, 0.717) is 6.61 Å². The molecule has 0 aliphatic carbocycles. The fourth-order valence-corrected chi connectivity index (χ4v) is 2.23. The maximum Gasteiger partial charge on any atom is 0.329 e. The van der Waals surface area contributed by atoms with Crippen LogP contribution in [0.4, 0.5) is 17.5 Å². The van der Waals surface area contributed by atoms with E-state index < -0.39 is 4.92 Å². The Kier molecular flexibility index (Phi) is 4.00. The van der Waals surface area contributed by atoms with Crippen LogP contribution in [-0.2, 0) is 4.74 Å². The second-order valence-electron chi connectivity index (χ2n) is 5.27. The van der Waals surface area contributed by atoms with E-state index in [1.54, 1.807) is 0 Å². The summed E-state index contributed by atoms with van der Waals surface area (Å²) in [5.74, 6) is 5.52. The average molecular weight is 282 g/mol. The summed E-state index contributed by atoms with van der Waals surface area (Å²) in [6.45, 7) is 4.58. The molecule has 9 nitrogen and oxygen atoms in total. The molecule has 110 valence electrons. The van der Waals surface area contributed by atoms with Gasteiger partial charge < -0.3 is 10.1 Å². The molecule has 1 unspecified atom stereocenters. The summed E-state index contributed by atoms with van der Waals surface area (Å²) in [7, 11) is 0. The molecule has 0 spiro atoms. The van der Waals surface area contributed by atoms with Crippen molar-refractivity contribution in [2.24, 2.45) is 5.84 Å². The zero-order chi connectivity index (χ0) is 14.8. The van der Waals surface area contributed by atoms with Gasteiger partial charge in [-0.15, -0.1) is 0 Å². The Labute approximate surface area is 116 Å². The fourth-order valence-electron chi connectivity index (χ4n) is 2.23. The third-order valence-corrected chi connectivity index (χ3v) is 3.13. The van der Waals surface area contributed by atoms with Crippen LogP contribution < -0.4 is 16.6 Å². The van der Waals surface area contributed by atoms with Crippen molar-refractivity contribution < 1.29 is 9.66 Å². The first kappa shape index (κ1) is 14.4. The van der Waals surface area contributed by atoms with Crippen LogP contribution in [0.2, 0.25) is 0 Å². The van der Waals surface area contributed by atoms with E-state index in [1.807, 2.05) is 13.8 Å². The molecular formula is C11H18N6O3. The van der Waals surface area contributed by atoms with Gasteiger partial charge in [-0.2, -0.15) is 4.98 Å². The Hall–Kier alpha value is -2.00. The van der Waals surface area contributed by atoms with Gasteiger partial charge in [0.25, 0.3) is 0 Å². The SMILES string of the molecule is CC1(C)CC(Nc2nc(NN)ncc2[N+](=O)[O-])CCO1. The van der Waals surface area contributed by atoms with Crippen molar-refractivity contribution in [1.82, 2.24) is 9.97 Å². The maximum absolute atomic E-state index is 11.0. The van der Waals surface area contributed by atoms with Crippen LogP contribution in [0.5, 0.6) is 0 Å². The maximum atomic E-state index is 11.0. The van der Waals surface area contributed by atoms with Gasteiger partial charge >= 0.3 is 5.69 Å². The zero-order valence-corrected chi connectivity index (χ0v) is 11.4. The summed E-state index contributed by atoms with van der Waals surface area (Å²) >= 11 is 0. The van der Waals surface area contributed by atoms with E-state index in [0.717, 1.165) is 19.0 Å². The van der Waals surface area contributed by atoms with Gasteiger partial charge in [0.1, 0.15) is 6.20 Å². The van der Waals surface area contributed by atoms with Gasteiger partial charge in [0, 0.05) is 12.6 Å². The minimum atomic E-state index is -0.521. The van der Waals surface area contributed by atoms with Gasteiger partial charge in [-0.05, 0) is 26.7 Å². The number of rotatable bonds is 4. The Morgan fingerprint density at radius 3 is 2.95 bits per heavy atom. The summed E-state index contributed by atoms with van der Waals surface area (Å²) in [5, 5.41) is 14.1. The quantitative estimate of drug-likeness (QED) is 0.424. The minimum Gasteiger partial charge on any atom is -0.375 e. The van der Waals surface area contributed by atoms with E-state index in [9.17, 15) is 10.1 Å². The number of nitro groups is 1. The van der Waals surface area contributed by atoms with Gasteiger partial charge in [0.05, 0.1) is 10.5 Å². The van der Waals surface area contributed by atoms with E-state index in [1.165, 1.54) is 0 Å². The molecule has 1 saturated heterocycles. The second kappa shape index (κ2) is 5.55. The number of hydrogen-bond acceptors (Lipinski definition) is 8. The van der Waals surface area contributed by atoms with E-state index >= 15 is 0 Å². The monoisotopic (exact) mass is 282 g/mol. The van der Waals surface area contributed by atoms with Gasteiger partial charge in [-0.3, -0.25) is 15.5 Å². The average Bonchev–Trinajstić information content (AvgIpc) is 2.37. The van der Waals surface area contributed by atoms with Crippen molar-refractivity contribution in [1.29, 1.82) is 0 Å². The fraction of sp³-hybridized carbons (Fsp3) is 0.636. The molecule has 9 heteroatoms. The van der Waals surface area contributed by atoms with Gasteiger partial charge in [-0.25, -0.2) is 10.8 Å². The highest BCUT2D eigenvalue weighted by atomic mass is 16.6. The standard InChI is InChI=1S/C11H18N6O3/c1-11(2)5-7(3-4-20-11)14-9-8(17(18)19)6-13-10(15-9)16-12/h6-7H,3-5,12H2,1-2H3,(H2,13,14,15,16). The Balaban J connectivity index is 2.20. The molecule has 0 aromatic carbocycles. The lowest BCUT2D eigenvalue weighted by atomic mass is 9.94. The minimum absolute atomic E-state index is 0.0537. The zero-order valence-electron chi connectivity index (χ0n) is 11.4. The highest BCUT2D eigenvalue weighted by Crippen LogP contribution is 2.29. The largest absolute Gasteiger partial charge is 0.375 e. The molecule has 1 atom stereocenters. The van der Waals surface area contributed by atoms with Crippen LogP contribution in [0.1, 0.15) is 26.7 Å². The number of nitrogens with zero attached hydrogens (tertiary/aromatic N) is 3. The highest BCUT2D eigenvalue weighted by molar-refractivity contribution is 5.57. The van der Waals surface area contributed by atoms with Gasteiger partial charge in [-0.1, -0.05) is 0 Å². The molecule has 1 aromatic heterocycles. The predicted octanol–water partition coefficient (Wildman–Crippen LogP) is 1.04. The molecule has 1 aliphatic rings. The summed E-state index contributed by atoms with van der Waals surface area (Å²) in [6.07, 6.45) is 2.63. The molecular weight excluding hydrogens is 264 g/mol. The number of hydrogen-bond donors (Lipinski definition) is 3. The molecule has 2 rings (SSSR count). The number of aromatic nitrogens is 2. The van der Waals surface area contributed by atoms with Crippen LogP contribution in [0.15, 0.2) is 6.20 Å². The van der Waals surface area contributed by atoms with Crippen molar-refractivity contribution in [3.63, 3.8) is 0 Å². The molecule has 2 heterocycles. The number of nitrogen functional groups attached to an aromatic ring is 1. The first-order chi connectivity index (χ1) is 9.41. The van der Waals surface area contributed by atoms with Crippen molar-refractivity contribution in [2.75, 3.05) is 17.3 Å². The van der Waals surface area contributed by atoms with Crippen LogP contribution in [0, 0.1) is 10.1 Å². The third kappa shape index (κ3) is 3.31. The number of hydrazine groups is 1. The number of anilines is 2. The Morgan fingerprint density at radius 2 is 2.35 bits per heavy atom. The first-order valence-electron chi connectivity index (χ1n) is 6.30. The van der Waals surface area contributed by atoms with Crippen LogP contribution >= 0.6 is 0 Å². The van der Waals surface area contributed by atoms with E-state index in [2.05, 4.69) is 20.7 Å². The number of ether oxygens (including phenoxy) is 1. The molecule has 1 aromatic rings. The lowest BCUT2D eigenvalue weighted by molar-refractivity contribution is -0.384. The van der Waals surface area contributed by atoms with Crippen molar-refractivity contribution in [3.8, 4) is 0 Å². The van der Waals surface area contributed by atoms with Crippen molar-refractivity contribution in [2.45, 2.75) is 38.3 Å². The molecule has 1 aliphatic heterocycles. The van der Waals surface area contributed by atoms with Gasteiger partial charge in [0.15, 0.2) is 0 Å². The summed E-state index contributed by atoms with van der Waals surface area (Å²) in [6, 6.07) is 0.0537. The lowest BCUT2D eigenvalue weighted by Crippen LogP contribution is -2.40. The summed E-state index contributed by atoms with van der Waals surface area (Å²) < 4.78 is 5.62. The van der Waals surface area contributed by atoms with E-state index in [-0.39, 0.29) is 29.1 Å². The number of nitrogens with two attached hydrogens (primary N) is 1. The smallest absolute Gasteiger partial charge is 0.329 e. The molecule has 20 heavy (non-hydrogen) atoms. The summed E-state index contributed by atoms with van der Waals surface area (Å²) in [4.78, 5) is 18.2. The molecule has 1 fully saturated rings. The predicted molar refractivity (Wildman–Crippen MR) is 73.2 cm³/mol. The lowest BCUT2D eigenvalue weighted by Gasteiger charge is -2.35. The van der Waals surface area contributed by atoms with Crippen molar-refractivity contribution >= 4 is 17.5 Å². The molecule has 4 N–H and O–H groups in total. The van der Waals surface area contributed by atoms with Gasteiger partial charge in [0.2, 0.25) is 11.8 Å². The second-order valence-corrected chi connectivity index (χ2v) is 5.27. The first-order valence-corrected chi connectivity index (χ1v) is 6.30. The summed E-state index contributed by atoms with van der Waals surface area (Å²) in [5.41, 5.74) is 1.85. The van der Waals surface area contributed by atoms with Crippen LogP contribution in [0.25, 0.3) is 0 Å². The topological polar surface area (TPSA) is 128 Å². The normalized spacial score (nSPS) is 21.2. The van der Waals surface area contributed by atoms with E-state index in [4.69, 9.17) is 10.6 Å². The molecule has 0 saturated carbocycles. The molecule has 0 amide bonds. The van der Waals surface area contributed by atoms with Crippen LogP contribution in [0.3, 0.4) is 0 Å². The number of nitrogens with one attached hydrogen (secondary N) is 2. The van der Waals surface area contributed by atoms with Crippen LogP contribution in [-0.4, -0.2) is 33.1 Å². The Bertz CT molecular complexity index is 507. The molecule has 0 bridgehead atoms. The Morgan fingerprint density at radius 1 is 1.60 bits per heavy atom.